The van der Waals surface area contributed by atoms with Crippen molar-refractivity contribution in [1.82, 2.24) is 9.97 Å². The molecule has 0 saturated carbocycles. The Balaban J connectivity index is 1.75. The molecule has 0 aliphatic heterocycles. The van der Waals surface area contributed by atoms with Crippen LogP contribution in [0.1, 0.15) is 11.4 Å². The van der Waals surface area contributed by atoms with E-state index in [9.17, 15) is 13.6 Å². The molecule has 0 spiro atoms. The first-order valence-corrected chi connectivity index (χ1v) is 10.8. The molecular weight excluding hydrogens is 474 g/mol. The van der Waals surface area contributed by atoms with Gasteiger partial charge in [0.2, 0.25) is 5.75 Å². The predicted octanol–water partition coefficient (Wildman–Crippen LogP) is 6.01. The lowest BCUT2D eigenvalue weighted by Gasteiger charge is -2.14. The van der Waals surface area contributed by atoms with Crippen LogP contribution < -0.4 is 19.8 Å². The molecule has 0 unspecified atom stereocenters. The maximum atomic E-state index is 12.9. The molecule has 2 aromatic carbocycles. The highest BCUT2D eigenvalue weighted by molar-refractivity contribution is 7.17. The maximum absolute atomic E-state index is 12.9. The number of methoxy groups -OCH3 is 2. The fraction of sp³-hybridized carbons (Fsp3) is 0.130. The van der Waals surface area contributed by atoms with Gasteiger partial charge in [0.25, 0.3) is 5.56 Å². The second-order valence-corrected chi connectivity index (χ2v) is 8.00. The van der Waals surface area contributed by atoms with Crippen LogP contribution in [-0.4, -0.2) is 30.8 Å². The first kappa shape index (κ1) is 22.8. The van der Waals surface area contributed by atoms with Crippen LogP contribution in [0.4, 0.5) is 8.78 Å². The molecule has 0 aliphatic carbocycles. The van der Waals surface area contributed by atoms with Gasteiger partial charge >= 0.3 is 6.61 Å². The van der Waals surface area contributed by atoms with E-state index in [0.717, 1.165) is 11.1 Å². The lowest BCUT2D eigenvalue weighted by Crippen LogP contribution is -2.10. The number of rotatable bonds is 7. The lowest BCUT2D eigenvalue weighted by molar-refractivity contribution is -0.0526. The topological polar surface area (TPSA) is 73.4 Å². The Morgan fingerprint density at radius 2 is 1.82 bits per heavy atom. The zero-order valence-electron chi connectivity index (χ0n) is 17.4. The molecule has 0 bridgehead atoms. The van der Waals surface area contributed by atoms with Gasteiger partial charge in [-0.2, -0.15) is 8.78 Å². The largest absolute Gasteiger partial charge is 0.493 e. The van der Waals surface area contributed by atoms with E-state index >= 15 is 0 Å². The molecule has 1 N–H and O–H groups in total. The third-order valence-electron chi connectivity index (χ3n) is 4.74. The standard InChI is InChI=1S/C23H17ClF2N2O4S/c1-30-16-9-12(10-17(31-2)19(16)32-23(25)26)8-15(24)20-27-21(29)18-14(11-33-22(18)28-20)13-6-4-3-5-7-13/h3-11,23H,1-2H3,(H,27,28,29)/b15-8-. The fourth-order valence-corrected chi connectivity index (χ4v) is 4.46. The number of ether oxygens (including phenoxy) is 3. The van der Waals surface area contributed by atoms with Gasteiger partial charge in [-0.05, 0) is 29.3 Å². The van der Waals surface area contributed by atoms with Crippen molar-refractivity contribution in [2.24, 2.45) is 0 Å². The number of alkyl halides is 2. The Morgan fingerprint density at radius 1 is 1.15 bits per heavy atom. The van der Waals surface area contributed by atoms with Gasteiger partial charge in [-0.25, -0.2) is 4.98 Å². The van der Waals surface area contributed by atoms with E-state index in [0.29, 0.717) is 15.8 Å². The van der Waals surface area contributed by atoms with Crippen molar-refractivity contribution in [1.29, 1.82) is 0 Å². The van der Waals surface area contributed by atoms with E-state index in [-0.39, 0.29) is 33.7 Å². The van der Waals surface area contributed by atoms with Gasteiger partial charge in [0.05, 0.1) is 24.6 Å². The average molecular weight is 491 g/mol. The molecule has 0 amide bonds. The number of H-pyrrole nitrogens is 1. The molecule has 0 aliphatic rings. The van der Waals surface area contributed by atoms with Crippen LogP contribution >= 0.6 is 22.9 Å². The van der Waals surface area contributed by atoms with Gasteiger partial charge in [0, 0.05) is 10.9 Å². The van der Waals surface area contributed by atoms with Crippen molar-refractivity contribution in [2.45, 2.75) is 6.61 Å². The number of thiophene rings is 1. The minimum atomic E-state index is -3.05. The number of aromatic amines is 1. The number of aromatic nitrogens is 2. The zero-order chi connectivity index (χ0) is 23.5. The molecule has 4 rings (SSSR count). The molecule has 0 fully saturated rings. The third kappa shape index (κ3) is 4.69. The van der Waals surface area contributed by atoms with E-state index in [1.165, 1.54) is 43.8 Å². The first-order valence-electron chi connectivity index (χ1n) is 9.56. The smallest absolute Gasteiger partial charge is 0.387 e. The van der Waals surface area contributed by atoms with E-state index < -0.39 is 6.61 Å². The summed E-state index contributed by atoms with van der Waals surface area (Å²) < 4.78 is 40.3. The van der Waals surface area contributed by atoms with Crippen molar-refractivity contribution < 1.29 is 23.0 Å². The Kier molecular flexibility index (Phi) is 6.62. The summed E-state index contributed by atoms with van der Waals surface area (Å²) in [5, 5.41) is 2.49. The number of nitrogens with zero attached hydrogens (tertiary/aromatic N) is 1. The van der Waals surface area contributed by atoms with E-state index in [1.54, 1.807) is 0 Å². The first-order chi connectivity index (χ1) is 15.9. The summed E-state index contributed by atoms with van der Waals surface area (Å²) in [5.74, 6) is 0.00535. The summed E-state index contributed by atoms with van der Waals surface area (Å²) in [6, 6.07) is 12.5. The summed E-state index contributed by atoms with van der Waals surface area (Å²) in [7, 11) is 2.63. The van der Waals surface area contributed by atoms with Crippen molar-refractivity contribution in [3.63, 3.8) is 0 Å². The molecule has 4 aromatic rings. The van der Waals surface area contributed by atoms with Gasteiger partial charge in [0.15, 0.2) is 17.3 Å². The summed E-state index contributed by atoms with van der Waals surface area (Å²) in [4.78, 5) is 20.6. The number of fused-ring (bicyclic) bond motifs is 1. The van der Waals surface area contributed by atoms with Crippen LogP contribution in [0.3, 0.4) is 0 Å². The van der Waals surface area contributed by atoms with Crippen LogP contribution in [0.2, 0.25) is 0 Å². The molecule has 6 nitrogen and oxygen atoms in total. The van der Waals surface area contributed by atoms with E-state index in [2.05, 4.69) is 14.7 Å². The lowest BCUT2D eigenvalue weighted by atomic mass is 10.1. The molecule has 33 heavy (non-hydrogen) atoms. The molecular formula is C23H17ClF2N2O4S. The highest BCUT2D eigenvalue weighted by Crippen LogP contribution is 2.40. The van der Waals surface area contributed by atoms with Crippen LogP contribution in [0.15, 0.2) is 52.6 Å². The zero-order valence-corrected chi connectivity index (χ0v) is 19.0. The van der Waals surface area contributed by atoms with Crippen LogP contribution in [0, 0.1) is 0 Å². The Morgan fingerprint density at radius 3 is 2.42 bits per heavy atom. The Bertz CT molecular complexity index is 1360. The van der Waals surface area contributed by atoms with Crippen molar-refractivity contribution >= 4 is 44.3 Å². The van der Waals surface area contributed by atoms with Crippen molar-refractivity contribution in [3.05, 3.63) is 69.6 Å². The summed E-state index contributed by atoms with van der Waals surface area (Å²) in [6.07, 6.45) is 1.51. The monoisotopic (exact) mass is 490 g/mol. The Labute approximate surface area is 196 Å². The molecule has 0 saturated heterocycles. The molecule has 2 aromatic heterocycles. The maximum Gasteiger partial charge on any atom is 0.387 e. The van der Waals surface area contributed by atoms with Gasteiger partial charge in [-0.15, -0.1) is 11.3 Å². The van der Waals surface area contributed by atoms with Crippen molar-refractivity contribution in [3.8, 4) is 28.4 Å². The number of hydrogen-bond donors (Lipinski definition) is 1. The van der Waals surface area contributed by atoms with Gasteiger partial charge in [-0.3, -0.25) is 4.79 Å². The average Bonchev–Trinajstić information content (AvgIpc) is 3.24. The van der Waals surface area contributed by atoms with Gasteiger partial charge in [-0.1, -0.05) is 41.9 Å². The van der Waals surface area contributed by atoms with Crippen molar-refractivity contribution in [2.75, 3.05) is 14.2 Å². The number of nitrogens with one attached hydrogen (secondary N) is 1. The van der Waals surface area contributed by atoms with Gasteiger partial charge < -0.3 is 19.2 Å². The normalized spacial score (nSPS) is 11.8. The second-order valence-electron chi connectivity index (χ2n) is 6.74. The molecule has 10 heteroatoms. The predicted molar refractivity (Wildman–Crippen MR) is 126 cm³/mol. The third-order valence-corrected chi connectivity index (χ3v) is 5.90. The Hall–Kier alpha value is -3.43. The quantitative estimate of drug-likeness (QED) is 0.343. The molecule has 0 atom stereocenters. The van der Waals surface area contributed by atoms with Crippen LogP contribution in [0.25, 0.3) is 32.5 Å². The number of hydrogen-bond acceptors (Lipinski definition) is 6. The number of halogens is 3. The van der Waals surface area contributed by atoms with Crippen LogP contribution in [0.5, 0.6) is 17.2 Å². The second kappa shape index (κ2) is 9.60. The summed E-state index contributed by atoms with van der Waals surface area (Å²) >= 11 is 7.79. The van der Waals surface area contributed by atoms with E-state index in [1.807, 2.05) is 35.7 Å². The molecule has 170 valence electrons. The summed E-state index contributed by atoms with van der Waals surface area (Å²) in [5.41, 5.74) is 1.85. The minimum absolute atomic E-state index is 0.0352. The molecule has 0 radical (unpaired) electrons. The number of benzene rings is 2. The van der Waals surface area contributed by atoms with Gasteiger partial charge in [0.1, 0.15) is 4.83 Å². The van der Waals surface area contributed by atoms with E-state index in [4.69, 9.17) is 21.1 Å². The highest BCUT2D eigenvalue weighted by atomic mass is 35.5. The molecule has 2 heterocycles. The minimum Gasteiger partial charge on any atom is -0.493 e. The fourth-order valence-electron chi connectivity index (χ4n) is 3.30. The SMILES string of the molecule is COc1cc(/C=C(\Cl)c2nc3scc(-c4ccccc4)c3c(=O)[nH]2)cc(OC)c1OC(F)F. The summed E-state index contributed by atoms with van der Waals surface area (Å²) in [6.45, 7) is -3.05. The van der Waals surface area contributed by atoms with Crippen LogP contribution in [-0.2, 0) is 0 Å². The highest BCUT2D eigenvalue weighted by Gasteiger charge is 2.19.